The summed E-state index contributed by atoms with van der Waals surface area (Å²) in [5.41, 5.74) is 7.06. The van der Waals surface area contributed by atoms with Gasteiger partial charge in [-0.1, -0.05) is 49.6 Å². The third-order valence-corrected chi connectivity index (χ3v) is 5.12. The molecule has 1 fully saturated rings. The molecule has 1 nitrogen and oxygen atoms in total. The lowest BCUT2D eigenvalue weighted by molar-refractivity contribution is 0.286. The molecule has 0 aromatic heterocycles. The predicted molar refractivity (Wildman–Crippen MR) is 89.7 cm³/mol. The number of benzene rings is 2. The van der Waals surface area contributed by atoms with Gasteiger partial charge in [0.05, 0.1) is 0 Å². The van der Waals surface area contributed by atoms with Crippen LogP contribution >= 0.6 is 0 Å². The van der Waals surface area contributed by atoms with Crippen LogP contribution in [0.4, 0.5) is 5.69 Å². The van der Waals surface area contributed by atoms with Crippen molar-refractivity contribution in [2.24, 2.45) is 5.92 Å². The Kier molecular flexibility index (Phi) is 3.21. The van der Waals surface area contributed by atoms with Gasteiger partial charge in [-0.15, -0.1) is 0 Å². The zero-order valence-electron chi connectivity index (χ0n) is 12.7. The second-order valence-corrected chi connectivity index (χ2v) is 6.78. The van der Waals surface area contributed by atoms with Crippen molar-refractivity contribution >= 4 is 5.69 Å². The zero-order chi connectivity index (χ0) is 14.2. The monoisotopic (exact) mass is 277 g/mol. The van der Waals surface area contributed by atoms with Gasteiger partial charge in [-0.2, -0.15) is 0 Å². The summed E-state index contributed by atoms with van der Waals surface area (Å²) < 4.78 is 0. The van der Waals surface area contributed by atoms with Crippen molar-refractivity contribution in [3.63, 3.8) is 0 Å². The maximum atomic E-state index is 3.70. The fourth-order valence-corrected chi connectivity index (χ4v) is 3.81. The van der Waals surface area contributed by atoms with E-state index in [0.717, 1.165) is 12.3 Å². The van der Waals surface area contributed by atoms with Crippen molar-refractivity contribution in [3.8, 4) is 11.1 Å². The summed E-state index contributed by atoms with van der Waals surface area (Å²) in [5.74, 6) is 0.964. The number of fused-ring (bicyclic) bond motifs is 3. The van der Waals surface area contributed by atoms with Gasteiger partial charge in [0, 0.05) is 11.7 Å². The molecule has 1 atom stereocenters. The summed E-state index contributed by atoms with van der Waals surface area (Å²) in [6.07, 6.45) is 6.71. The fourth-order valence-electron chi connectivity index (χ4n) is 3.81. The van der Waals surface area contributed by atoms with Crippen LogP contribution in [0.1, 0.15) is 43.7 Å². The Balaban J connectivity index is 1.50. The minimum atomic E-state index is 0.581. The Bertz CT molecular complexity index is 655. The molecule has 1 unspecified atom stereocenters. The lowest BCUT2D eigenvalue weighted by Crippen LogP contribution is -2.23. The Hall–Kier alpha value is -1.76. The van der Waals surface area contributed by atoms with E-state index in [-0.39, 0.29) is 0 Å². The second kappa shape index (κ2) is 5.22. The van der Waals surface area contributed by atoms with Gasteiger partial charge >= 0.3 is 0 Å². The molecule has 0 aliphatic heterocycles. The van der Waals surface area contributed by atoms with Gasteiger partial charge in [0.2, 0.25) is 0 Å². The van der Waals surface area contributed by atoms with E-state index in [1.54, 1.807) is 0 Å². The van der Waals surface area contributed by atoms with Gasteiger partial charge in [-0.3, -0.25) is 0 Å². The Morgan fingerprint density at radius 2 is 1.86 bits per heavy atom. The molecule has 1 N–H and O–H groups in total. The van der Waals surface area contributed by atoms with Crippen molar-refractivity contribution in [1.29, 1.82) is 0 Å². The van der Waals surface area contributed by atoms with Crippen LogP contribution < -0.4 is 5.32 Å². The SMILES string of the molecule is CC(CC1CCC1)Nc1ccc2c(c1)Cc1ccccc1-2. The molecular formula is C20H23N. The largest absolute Gasteiger partial charge is 0.383 e. The van der Waals surface area contributed by atoms with Crippen LogP contribution in [-0.4, -0.2) is 6.04 Å². The first-order valence-corrected chi connectivity index (χ1v) is 8.27. The van der Waals surface area contributed by atoms with Gasteiger partial charge < -0.3 is 5.32 Å². The highest BCUT2D eigenvalue weighted by Gasteiger charge is 2.21. The van der Waals surface area contributed by atoms with Crippen LogP contribution in [0.5, 0.6) is 0 Å². The van der Waals surface area contributed by atoms with Gasteiger partial charge in [0.1, 0.15) is 0 Å². The molecule has 2 aliphatic carbocycles. The molecule has 0 saturated heterocycles. The van der Waals surface area contributed by atoms with E-state index in [9.17, 15) is 0 Å². The van der Waals surface area contributed by atoms with Crippen LogP contribution in [0.2, 0.25) is 0 Å². The van der Waals surface area contributed by atoms with Crippen molar-refractivity contribution in [2.75, 3.05) is 5.32 Å². The summed E-state index contributed by atoms with van der Waals surface area (Å²) in [7, 11) is 0. The normalized spacial score (nSPS) is 17.8. The van der Waals surface area contributed by atoms with Crippen LogP contribution in [0.15, 0.2) is 42.5 Å². The van der Waals surface area contributed by atoms with E-state index >= 15 is 0 Å². The van der Waals surface area contributed by atoms with Crippen LogP contribution in [0.3, 0.4) is 0 Å². The molecule has 2 aromatic rings. The lowest BCUT2D eigenvalue weighted by Gasteiger charge is -2.29. The summed E-state index contributed by atoms with van der Waals surface area (Å²) in [5, 5.41) is 3.70. The highest BCUT2D eigenvalue weighted by atomic mass is 14.9. The predicted octanol–water partition coefficient (Wildman–Crippen LogP) is 5.25. The highest BCUT2D eigenvalue weighted by molar-refractivity contribution is 5.78. The van der Waals surface area contributed by atoms with Crippen molar-refractivity contribution in [2.45, 2.75) is 45.1 Å². The van der Waals surface area contributed by atoms with Crippen molar-refractivity contribution in [3.05, 3.63) is 53.6 Å². The fraction of sp³-hybridized carbons (Fsp3) is 0.400. The summed E-state index contributed by atoms with van der Waals surface area (Å²) in [6, 6.07) is 16.3. The summed E-state index contributed by atoms with van der Waals surface area (Å²) >= 11 is 0. The van der Waals surface area contributed by atoms with E-state index in [1.165, 1.54) is 53.6 Å². The molecule has 4 rings (SSSR count). The van der Waals surface area contributed by atoms with Crippen molar-refractivity contribution in [1.82, 2.24) is 0 Å². The third kappa shape index (κ3) is 2.46. The quantitative estimate of drug-likeness (QED) is 0.687. The minimum Gasteiger partial charge on any atom is -0.383 e. The topological polar surface area (TPSA) is 12.0 Å². The van der Waals surface area contributed by atoms with E-state index < -0.39 is 0 Å². The average molecular weight is 277 g/mol. The molecule has 108 valence electrons. The van der Waals surface area contributed by atoms with Crippen LogP contribution in [-0.2, 0) is 6.42 Å². The van der Waals surface area contributed by atoms with Crippen LogP contribution in [0.25, 0.3) is 11.1 Å². The van der Waals surface area contributed by atoms with Crippen molar-refractivity contribution < 1.29 is 0 Å². The maximum Gasteiger partial charge on any atom is 0.0345 e. The molecular weight excluding hydrogens is 254 g/mol. The molecule has 0 amide bonds. The number of rotatable bonds is 4. The highest BCUT2D eigenvalue weighted by Crippen LogP contribution is 2.38. The average Bonchev–Trinajstić information content (AvgIpc) is 2.80. The Labute approximate surface area is 127 Å². The Morgan fingerprint density at radius 1 is 1.05 bits per heavy atom. The van der Waals surface area contributed by atoms with E-state index in [2.05, 4.69) is 54.7 Å². The zero-order valence-corrected chi connectivity index (χ0v) is 12.7. The molecule has 2 aromatic carbocycles. The summed E-state index contributed by atoms with van der Waals surface area (Å²) in [6.45, 7) is 2.32. The molecule has 0 bridgehead atoms. The van der Waals surface area contributed by atoms with Crippen LogP contribution in [0, 0.1) is 5.92 Å². The first-order valence-electron chi connectivity index (χ1n) is 8.27. The first-order chi connectivity index (χ1) is 10.3. The molecule has 1 heteroatoms. The second-order valence-electron chi connectivity index (χ2n) is 6.78. The molecule has 0 radical (unpaired) electrons. The van der Waals surface area contributed by atoms with Gasteiger partial charge in [-0.25, -0.2) is 0 Å². The molecule has 21 heavy (non-hydrogen) atoms. The standard InChI is InChI=1S/C20H23N/c1-14(11-15-5-4-6-15)21-18-9-10-20-17(13-18)12-16-7-2-3-8-19(16)20/h2-3,7-10,13-15,21H,4-6,11-12H2,1H3. The third-order valence-electron chi connectivity index (χ3n) is 5.12. The number of hydrogen-bond acceptors (Lipinski definition) is 1. The van der Waals surface area contributed by atoms with Gasteiger partial charge in [-0.05, 0) is 60.1 Å². The smallest absolute Gasteiger partial charge is 0.0345 e. The minimum absolute atomic E-state index is 0.581. The number of nitrogens with one attached hydrogen (secondary N) is 1. The maximum absolute atomic E-state index is 3.70. The molecule has 2 aliphatic rings. The molecule has 0 spiro atoms. The Morgan fingerprint density at radius 3 is 2.67 bits per heavy atom. The first kappa shape index (κ1) is 12.9. The van der Waals surface area contributed by atoms with Gasteiger partial charge in [0.15, 0.2) is 0 Å². The van der Waals surface area contributed by atoms with E-state index in [1.807, 2.05) is 0 Å². The summed E-state index contributed by atoms with van der Waals surface area (Å²) in [4.78, 5) is 0. The van der Waals surface area contributed by atoms with Gasteiger partial charge in [0.25, 0.3) is 0 Å². The van der Waals surface area contributed by atoms with E-state index in [0.29, 0.717) is 6.04 Å². The molecule has 0 heterocycles. The van der Waals surface area contributed by atoms with E-state index in [4.69, 9.17) is 0 Å². The number of anilines is 1. The lowest BCUT2D eigenvalue weighted by atomic mass is 9.81. The number of hydrogen-bond donors (Lipinski definition) is 1. The molecule has 1 saturated carbocycles.